The molecule has 0 aliphatic carbocycles. The lowest BCUT2D eigenvalue weighted by atomic mass is 10.1. The van der Waals surface area contributed by atoms with Crippen LogP contribution in [0.15, 0.2) is 48.8 Å². The van der Waals surface area contributed by atoms with Gasteiger partial charge in [-0.05, 0) is 36.8 Å². The van der Waals surface area contributed by atoms with E-state index < -0.39 is 5.97 Å². The van der Waals surface area contributed by atoms with Gasteiger partial charge < -0.3 is 5.11 Å². The highest BCUT2D eigenvalue weighted by molar-refractivity contribution is 6.31. The largest absolute Gasteiger partial charge is 0.478 e. The predicted octanol–water partition coefficient (Wildman–Crippen LogP) is 3.87. The van der Waals surface area contributed by atoms with E-state index in [2.05, 4.69) is 15.0 Å². The minimum Gasteiger partial charge on any atom is -0.478 e. The van der Waals surface area contributed by atoms with E-state index in [4.69, 9.17) is 11.6 Å². The van der Waals surface area contributed by atoms with Crippen LogP contribution in [0.3, 0.4) is 0 Å². The third-order valence-electron chi connectivity index (χ3n) is 3.37. The molecule has 0 radical (unpaired) electrons. The number of aryl methyl sites for hydroxylation is 1. The van der Waals surface area contributed by atoms with E-state index in [0.717, 1.165) is 11.1 Å². The standard InChI is InChI=1S/C17H12ClN3O2/c1-10-4-5-11(9-13(10)18)14-6-8-20-16(21-14)15-12(17(22)23)3-2-7-19-15/h2-9H,1H3,(H,22,23). The highest BCUT2D eigenvalue weighted by atomic mass is 35.5. The number of rotatable bonds is 3. The molecule has 1 N–H and O–H groups in total. The average Bonchev–Trinajstić information content (AvgIpc) is 2.57. The van der Waals surface area contributed by atoms with Crippen LogP contribution in [0.2, 0.25) is 5.02 Å². The van der Waals surface area contributed by atoms with Gasteiger partial charge in [0.25, 0.3) is 0 Å². The molecule has 0 aliphatic rings. The minimum absolute atomic E-state index is 0.0617. The van der Waals surface area contributed by atoms with Crippen molar-refractivity contribution in [1.29, 1.82) is 0 Å². The number of carboxylic acid groups (broad SMARTS) is 1. The summed E-state index contributed by atoms with van der Waals surface area (Å²) in [7, 11) is 0. The highest BCUT2D eigenvalue weighted by Crippen LogP contribution is 2.25. The summed E-state index contributed by atoms with van der Waals surface area (Å²) < 4.78 is 0. The van der Waals surface area contributed by atoms with Crippen molar-refractivity contribution in [3.05, 3.63) is 64.9 Å². The molecule has 0 amide bonds. The van der Waals surface area contributed by atoms with Crippen LogP contribution in [0.25, 0.3) is 22.8 Å². The molecule has 0 fully saturated rings. The van der Waals surface area contributed by atoms with Crippen molar-refractivity contribution in [2.24, 2.45) is 0 Å². The number of aromatic nitrogens is 3. The lowest BCUT2D eigenvalue weighted by molar-refractivity contribution is 0.0697. The van der Waals surface area contributed by atoms with Crippen molar-refractivity contribution in [1.82, 2.24) is 15.0 Å². The zero-order valence-electron chi connectivity index (χ0n) is 12.2. The number of carboxylic acids is 1. The van der Waals surface area contributed by atoms with Crippen LogP contribution < -0.4 is 0 Å². The van der Waals surface area contributed by atoms with Crippen molar-refractivity contribution in [3.63, 3.8) is 0 Å². The first-order valence-electron chi connectivity index (χ1n) is 6.84. The van der Waals surface area contributed by atoms with Gasteiger partial charge in [0.1, 0.15) is 5.69 Å². The summed E-state index contributed by atoms with van der Waals surface area (Å²) in [6.07, 6.45) is 3.09. The van der Waals surface area contributed by atoms with E-state index in [1.165, 1.54) is 12.3 Å². The number of halogens is 1. The van der Waals surface area contributed by atoms with E-state index >= 15 is 0 Å². The lowest BCUT2D eigenvalue weighted by Crippen LogP contribution is -2.03. The molecule has 0 aliphatic heterocycles. The maximum absolute atomic E-state index is 11.3. The SMILES string of the molecule is Cc1ccc(-c2ccnc(-c3ncccc3C(=O)O)n2)cc1Cl. The van der Waals surface area contributed by atoms with Crippen LogP contribution >= 0.6 is 11.6 Å². The highest BCUT2D eigenvalue weighted by Gasteiger charge is 2.15. The Hall–Kier alpha value is -2.79. The van der Waals surface area contributed by atoms with E-state index in [1.807, 2.05) is 25.1 Å². The lowest BCUT2D eigenvalue weighted by Gasteiger charge is -2.07. The number of carbonyl (C=O) groups is 1. The van der Waals surface area contributed by atoms with Crippen molar-refractivity contribution in [3.8, 4) is 22.8 Å². The third kappa shape index (κ3) is 3.05. The fourth-order valence-corrected chi connectivity index (χ4v) is 2.32. The molecule has 1 aromatic carbocycles. The van der Waals surface area contributed by atoms with Gasteiger partial charge in [0.05, 0.1) is 11.3 Å². The van der Waals surface area contributed by atoms with E-state index in [-0.39, 0.29) is 17.1 Å². The summed E-state index contributed by atoms with van der Waals surface area (Å²) in [5.74, 6) is -0.808. The Morgan fingerprint density at radius 3 is 2.70 bits per heavy atom. The molecule has 0 bridgehead atoms. The van der Waals surface area contributed by atoms with Crippen molar-refractivity contribution < 1.29 is 9.90 Å². The first-order valence-corrected chi connectivity index (χ1v) is 7.22. The molecular formula is C17H12ClN3O2. The number of nitrogens with zero attached hydrogens (tertiary/aromatic N) is 3. The van der Waals surface area contributed by atoms with Crippen LogP contribution in [-0.4, -0.2) is 26.0 Å². The Morgan fingerprint density at radius 2 is 1.96 bits per heavy atom. The molecule has 6 heteroatoms. The van der Waals surface area contributed by atoms with Gasteiger partial charge in [-0.1, -0.05) is 23.7 Å². The van der Waals surface area contributed by atoms with Gasteiger partial charge in [-0.15, -0.1) is 0 Å². The number of aromatic carboxylic acids is 1. The van der Waals surface area contributed by atoms with Gasteiger partial charge in [-0.25, -0.2) is 14.8 Å². The molecule has 3 rings (SSSR count). The average molecular weight is 326 g/mol. The molecule has 0 saturated heterocycles. The quantitative estimate of drug-likeness (QED) is 0.791. The molecule has 2 aromatic heterocycles. The van der Waals surface area contributed by atoms with E-state index in [9.17, 15) is 9.90 Å². The summed E-state index contributed by atoms with van der Waals surface area (Å²) in [5.41, 5.74) is 2.75. The fraction of sp³-hybridized carbons (Fsp3) is 0.0588. The topological polar surface area (TPSA) is 76.0 Å². The summed E-state index contributed by atoms with van der Waals surface area (Å²) >= 11 is 6.15. The van der Waals surface area contributed by atoms with Gasteiger partial charge in [-0.3, -0.25) is 4.98 Å². The van der Waals surface area contributed by atoms with Gasteiger partial charge in [-0.2, -0.15) is 0 Å². The Bertz CT molecular complexity index is 897. The molecule has 23 heavy (non-hydrogen) atoms. The van der Waals surface area contributed by atoms with E-state index in [0.29, 0.717) is 10.7 Å². The number of benzene rings is 1. The second kappa shape index (κ2) is 6.14. The zero-order valence-corrected chi connectivity index (χ0v) is 12.9. The molecule has 0 unspecified atom stereocenters. The Labute approximate surface area is 137 Å². The molecule has 3 aromatic rings. The second-order valence-corrected chi connectivity index (χ2v) is 5.34. The van der Waals surface area contributed by atoms with Gasteiger partial charge in [0.15, 0.2) is 5.82 Å². The molecule has 114 valence electrons. The van der Waals surface area contributed by atoms with Crippen molar-refractivity contribution in [2.45, 2.75) is 6.92 Å². The zero-order chi connectivity index (χ0) is 16.4. The van der Waals surface area contributed by atoms with Crippen LogP contribution in [0, 0.1) is 6.92 Å². The summed E-state index contributed by atoms with van der Waals surface area (Å²) in [6, 6.07) is 10.4. The number of hydrogen-bond donors (Lipinski definition) is 1. The summed E-state index contributed by atoms with van der Waals surface area (Å²) in [4.78, 5) is 24.0. The smallest absolute Gasteiger partial charge is 0.338 e. The monoisotopic (exact) mass is 325 g/mol. The first kappa shape index (κ1) is 15.1. The van der Waals surface area contributed by atoms with Crippen molar-refractivity contribution in [2.75, 3.05) is 0 Å². The maximum atomic E-state index is 11.3. The van der Waals surface area contributed by atoms with Crippen molar-refractivity contribution >= 4 is 17.6 Å². The number of hydrogen-bond acceptors (Lipinski definition) is 4. The van der Waals surface area contributed by atoms with Gasteiger partial charge in [0.2, 0.25) is 0 Å². The molecule has 5 nitrogen and oxygen atoms in total. The minimum atomic E-state index is -1.07. The van der Waals surface area contributed by atoms with E-state index in [1.54, 1.807) is 18.3 Å². The Morgan fingerprint density at radius 1 is 1.13 bits per heavy atom. The number of pyridine rings is 1. The van der Waals surface area contributed by atoms with Crippen LogP contribution in [0.5, 0.6) is 0 Å². The van der Waals surface area contributed by atoms with Crippen LogP contribution in [0.1, 0.15) is 15.9 Å². The van der Waals surface area contributed by atoms with Crippen LogP contribution in [-0.2, 0) is 0 Å². The predicted molar refractivity (Wildman–Crippen MR) is 87.4 cm³/mol. The third-order valence-corrected chi connectivity index (χ3v) is 3.78. The summed E-state index contributed by atoms with van der Waals surface area (Å²) in [5, 5.41) is 9.91. The Kier molecular flexibility index (Phi) is 4.04. The van der Waals surface area contributed by atoms with Gasteiger partial charge >= 0.3 is 5.97 Å². The van der Waals surface area contributed by atoms with Crippen LogP contribution in [0.4, 0.5) is 0 Å². The molecule has 0 saturated carbocycles. The normalized spacial score (nSPS) is 10.5. The molecular weight excluding hydrogens is 314 g/mol. The summed E-state index contributed by atoms with van der Waals surface area (Å²) in [6.45, 7) is 1.92. The Balaban J connectivity index is 2.10. The van der Waals surface area contributed by atoms with Gasteiger partial charge in [0, 0.05) is 23.0 Å². The first-order chi connectivity index (χ1) is 11.1. The maximum Gasteiger partial charge on any atom is 0.338 e. The molecule has 0 spiro atoms. The fourth-order valence-electron chi connectivity index (χ4n) is 2.14. The second-order valence-electron chi connectivity index (χ2n) is 4.93. The molecule has 0 atom stereocenters. The molecule has 2 heterocycles.